The van der Waals surface area contributed by atoms with Crippen LogP contribution in [0.15, 0.2) is 54.6 Å². The molecule has 4 bridgehead atoms. The van der Waals surface area contributed by atoms with Gasteiger partial charge in [0, 0.05) is 16.7 Å². The average molecular weight is 334 g/mol. The number of carbonyl (C=O) groups excluding carboxylic acids is 3. The second-order valence-electron chi connectivity index (χ2n) is 8.08. The highest BCUT2D eigenvalue weighted by molar-refractivity contribution is 6.17. The lowest BCUT2D eigenvalue weighted by Crippen LogP contribution is -2.65. The Hall–Kier alpha value is -2.33. The number of Topliss-reactive ketones (excluding diaryl/α,β-unsaturated/α-hetero) is 2. The van der Waals surface area contributed by atoms with Crippen LogP contribution in [-0.2, 0) is 19.8 Å². The van der Waals surface area contributed by atoms with Gasteiger partial charge in [0.25, 0.3) is 0 Å². The van der Waals surface area contributed by atoms with Crippen molar-refractivity contribution in [1.29, 1.82) is 0 Å². The molecule has 4 fully saturated rings. The van der Waals surface area contributed by atoms with Crippen molar-refractivity contribution in [3.8, 4) is 0 Å². The fourth-order valence-electron chi connectivity index (χ4n) is 6.46. The number of hydrogen-bond acceptors (Lipinski definition) is 4. The SMILES string of the molecule is C[C@@]12C(=O)[C@H]3[C@@](c4ccccc4)(C14C=CC(=O)C=C4)[C@]3(C)C(=O)[C@H]2O. The van der Waals surface area contributed by atoms with E-state index in [9.17, 15) is 19.5 Å². The molecule has 0 unspecified atom stereocenters. The van der Waals surface area contributed by atoms with Crippen LogP contribution in [0.1, 0.15) is 19.4 Å². The highest BCUT2D eigenvalue weighted by atomic mass is 16.3. The van der Waals surface area contributed by atoms with Gasteiger partial charge >= 0.3 is 0 Å². The maximum absolute atomic E-state index is 13.4. The van der Waals surface area contributed by atoms with E-state index in [1.54, 1.807) is 26.0 Å². The minimum atomic E-state index is -1.36. The quantitative estimate of drug-likeness (QED) is 0.850. The Kier molecular flexibility index (Phi) is 2.34. The van der Waals surface area contributed by atoms with Crippen molar-refractivity contribution >= 4 is 17.3 Å². The molecule has 1 N–H and O–H groups in total. The molecule has 0 saturated heterocycles. The molecule has 0 amide bonds. The second kappa shape index (κ2) is 3.91. The van der Waals surface area contributed by atoms with Crippen LogP contribution in [0.4, 0.5) is 0 Å². The van der Waals surface area contributed by atoms with Crippen molar-refractivity contribution in [1.82, 2.24) is 0 Å². The predicted octanol–water partition coefficient (Wildman–Crippen LogP) is 1.77. The van der Waals surface area contributed by atoms with Crippen LogP contribution in [-0.4, -0.2) is 28.6 Å². The molecule has 25 heavy (non-hydrogen) atoms. The number of aliphatic hydroxyl groups is 1. The number of allylic oxidation sites excluding steroid dienone is 4. The number of rotatable bonds is 1. The van der Waals surface area contributed by atoms with Crippen molar-refractivity contribution in [3.05, 3.63) is 60.2 Å². The minimum absolute atomic E-state index is 0.0744. The van der Waals surface area contributed by atoms with Crippen LogP contribution in [0.3, 0.4) is 0 Å². The van der Waals surface area contributed by atoms with Crippen molar-refractivity contribution < 1.29 is 19.5 Å². The Balaban J connectivity index is 1.91. The van der Waals surface area contributed by atoms with E-state index in [4.69, 9.17) is 0 Å². The third-order valence-electron chi connectivity index (χ3n) is 7.59. The predicted molar refractivity (Wildman–Crippen MR) is 89.6 cm³/mol. The summed E-state index contributed by atoms with van der Waals surface area (Å²) < 4.78 is 0. The van der Waals surface area contributed by atoms with Gasteiger partial charge in [-0.05, 0) is 24.6 Å². The smallest absolute Gasteiger partial charge is 0.178 e. The molecule has 4 nitrogen and oxygen atoms in total. The molecule has 4 heteroatoms. The van der Waals surface area contributed by atoms with Gasteiger partial charge in [-0.15, -0.1) is 0 Å². The number of aliphatic hydroxyl groups excluding tert-OH is 1. The largest absolute Gasteiger partial charge is 0.384 e. The summed E-state index contributed by atoms with van der Waals surface area (Å²) in [6.07, 6.45) is 5.12. The Morgan fingerprint density at radius 3 is 2.08 bits per heavy atom. The molecule has 0 radical (unpaired) electrons. The van der Waals surface area contributed by atoms with E-state index in [1.165, 1.54) is 12.2 Å². The number of hydrogen-bond donors (Lipinski definition) is 1. The zero-order chi connectivity index (χ0) is 17.8. The maximum Gasteiger partial charge on any atom is 0.178 e. The molecule has 6 rings (SSSR count). The van der Waals surface area contributed by atoms with Gasteiger partial charge in [0.05, 0.1) is 10.8 Å². The third-order valence-corrected chi connectivity index (χ3v) is 7.59. The molecule has 1 aromatic rings. The van der Waals surface area contributed by atoms with Crippen LogP contribution in [0, 0.1) is 22.2 Å². The van der Waals surface area contributed by atoms with Gasteiger partial charge in [-0.1, -0.05) is 49.4 Å². The van der Waals surface area contributed by atoms with Crippen LogP contribution in [0.2, 0.25) is 0 Å². The van der Waals surface area contributed by atoms with Crippen molar-refractivity contribution in [3.63, 3.8) is 0 Å². The van der Waals surface area contributed by atoms with E-state index >= 15 is 0 Å². The topological polar surface area (TPSA) is 71.4 Å². The number of ketones is 3. The maximum atomic E-state index is 13.4. The van der Waals surface area contributed by atoms with Crippen LogP contribution in [0.25, 0.3) is 0 Å². The monoisotopic (exact) mass is 334 g/mol. The number of fused-ring (bicyclic) bond motifs is 1. The molecule has 5 atom stereocenters. The first kappa shape index (κ1) is 15.0. The molecular weight excluding hydrogens is 316 g/mol. The lowest BCUT2D eigenvalue weighted by molar-refractivity contribution is -0.167. The van der Waals surface area contributed by atoms with Gasteiger partial charge in [0.2, 0.25) is 0 Å². The normalized spacial score (nSPS) is 45.3. The molecule has 1 spiro atoms. The van der Waals surface area contributed by atoms with Crippen molar-refractivity contribution in [2.24, 2.45) is 22.2 Å². The summed E-state index contributed by atoms with van der Waals surface area (Å²) in [5.74, 6) is -0.941. The summed E-state index contributed by atoms with van der Waals surface area (Å²) in [5, 5.41) is 10.8. The molecule has 0 aromatic heterocycles. The standard InChI is InChI=1S/C21H18O4/c1-18-14-15(23)19(2,17(25)16(18)24)20(10-8-13(22)9-11-20)21(14,18)12-6-4-3-5-7-12/h3-11,14,17,25H,1-2H3/t14-,17-,18+,19+,21-/m1/s1. The van der Waals surface area contributed by atoms with E-state index in [-0.39, 0.29) is 17.3 Å². The van der Waals surface area contributed by atoms with E-state index in [2.05, 4.69) is 0 Å². The highest BCUT2D eigenvalue weighted by Crippen LogP contribution is 2.90. The summed E-state index contributed by atoms with van der Waals surface area (Å²) in [7, 11) is 0. The zero-order valence-corrected chi connectivity index (χ0v) is 14.0. The van der Waals surface area contributed by atoms with Crippen LogP contribution in [0.5, 0.6) is 0 Å². The summed E-state index contributed by atoms with van der Waals surface area (Å²) in [6, 6.07) is 9.59. The van der Waals surface area contributed by atoms with E-state index in [1.807, 2.05) is 30.3 Å². The highest BCUT2D eigenvalue weighted by Gasteiger charge is 2.98. The molecule has 5 aliphatic carbocycles. The number of carbonyl (C=O) groups is 3. The van der Waals surface area contributed by atoms with Crippen LogP contribution >= 0.6 is 0 Å². The van der Waals surface area contributed by atoms with E-state index in [0.29, 0.717) is 0 Å². The third kappa shape index (κ3) is 1.12. The molecule has 5 aliphatic rings. The lowest BCUT2D eigenvalue weighted by atomic mass is 9.46. The fraction of sp³-hybridized carbons (Fsp3) is 0.381. The first-order valence-corrected chi connectivity index (χ1v) is 8.55. The molecule has 0 aliphatic heterocycles. The minimum Gasteiger partial charge on any atom is -0.384 e. The van der Waals surface area contributed by atoms with E-state index in [0.717, 1.165) is 5.56 Å². The Morgan fingerprint density at radius 2 is 1.48 bits per heavy atom. The van der Waals surface area contributed by atoms with E-state index < -0.39 is 33.7 Å². The lowest BCUT2D eigenvalue weighted by Gasteiger charge is -2.55. The fourth-order valence-corrected chi connectivity index (χ4v) is 6.46. The summed E-state index contributed by atoms with van der Waals surface area (Å²) in [6.45, 7) is 3.48. The second-order valence-corrected chi connectivity index (χ2v) is 8.08. The van der Waals surface area contributed by atoms with Crippen molar-refractivity contribution in [2.75, 3.05) is 0 Å². The first-order chi connectivity index (χ1) is 11.8. The van der Waals surface area contributed by atoms with Gasteiger partial charge in [0.1, 0.15) is 11.9 Å². The van der Waals surface area contributed by atoms with Gasteiger partial charge in [-0.2, -0.15) is 0 Å². The van der Waals surface area contributed by atoms with Gasteiger partial charge in [-0.25, -0.2) is 0 Å². The summed E-state index contributed by atoms with van der Waals surface area (Å²) in [5.41, 5.74) is -2.90. The molecule has 1 aromatic carbocycles. The van der Waals surface area contributed by atoms with Crippen LogP contribution < -0.4 is 0 Å². The summed E-state index contributed by atoms with van der Waals surface area (Å²) in [4.78, 5) is 38.2. The Bertz CT molecular complexity index is 910. The molecular formula is C21H18O4. The Morgan fingerprint density at radius 1 is 0.880 bits per heavy atom. The first-order valence-electron chi connectivity index (χ1n) is 8.55. The molecule has 0 heterocycles. The zero-order valence-electron chi connectivity index (χ0n) is 14.0. The van der Waals surface area contributed by atoms with Gasteiger partial charge in [0.15, 0.2) is 11.6 Å². The summed E-state index contributed by atoms with van der Waals surface area (Å²) >= 11 is 0. The molecule has 126 valence electrons. The Labute approximate surface area is 145 Å². The number of benzene rings is 1. The molecule has 4 saturated carbocycles. The van der Waals surface area contributed by atoms with Crippen molar-refractivity contribution in [2.45, 2.75) is 25.4 Å². The van der Waals surface area contributed by atoms with Gasteiger partial charge in [-0.3, -0.25) is 14.4 Å². The average Bonchev–Trinajstić information content (AvgIpc) is 3.17. The van der Waals surface area contributed by atoms with Gasteiger partial charge < -0.3 is 5.11 Å².